The van der Waals surface area contributed by atoms with E-state index < -0.39 is 6.04 Å². The Hall–Kier alpha value is -1.86. The molecule has 0 spiro atoms. The Morgan fingerprint density at radius 3 is 2.68 bits per heavy atom. The molecular weight excluding hydrogens is 306 g/mol. The third kappa shape index (κ3) is 3.86. The second-order valence-electron chi connectivity index (χ2n) is 5.29. The molecule has 2 aliphatic heterocycles. The Kier molecular flexibility index (Phi) is 5.57. The summed E-state index contributed by atoms with van der Waals surface area (Å²) >= 11 is 0. The van der Waals surface area contributed by atoms with Gasteiger partial charge in [-0.2, -0.15) is 0 Å². The molecule has 7 nitrogen and oxygen atoms in total. The molecule has 1 unspecified atom stereocenters. The van der Waals surface area contributed by atoms with Crippen LogP contribution in [0, 0.1) is 0 Å². The van der Waals surface area contributed by atoms with Crippen LogP contribution in [0.4, 0.5) is 11.5 Å². The van der Waals surface area contributed by atoms with Crippen LogP contribution in [-0.2, 0) is 9.59 Å². The van der Waals surface area contributed by atoms with Crippen molar-refractivity contribution in [1.82, 2.24) is 15.6 Å². The van der Waals surface area contributed by atoms with Gasteiger partial charge in [0.15, 0.2) is 0 Å². The van der Waals surface area contributed by atoms with Crippen molar-refractivity contribution in [3.05, 3.63) is 18.3 Å². The third-order valence-electron chi connectivity index (χ3n) is 3.79. The highest BCUT2D eigenvalue weighted by Gasteiger charge is 2.27. The summed E-state index contributed by atoms with van der Waals surface area (Å²) in [4.78, 5) is 29.6. The molecule has 2 saturated heterocycles. The smallest absolute Gasteiger partial charge is 0.248 e. The maximum absolute atomic E-state index is 12.0. The van der Waals surface area contributed by atoms with Gasteiger partial charge in [-0.15, -0.1) is 12.4 Å². The molecule has 8 heteroatoms. The average Bonchev–Trinajstić information content (AvgIpc) is 2.96. The number of piperazine rings is 1. The zero-order valence-electron chi connectivity index (χ0n) is 12.2. The van der Waals surface area contributed by atoms with E-state index in [1.807, 2.05) is 6.07 Å². The van der Waals surface area contributed by atoms with Crippen LogP contribution in [0.5, 0.6) is 0 Å². The predicted molar refractivity (Wildman–Crippen MR) is 86.4 cm³/mol. The molecule has 0 bridgehead atoms. The second-order valence-corrected chi connectivity index (χ2v) is 5.29. The maximum atomic E-state index is 12.0. The monoisotopic (exact) mass is 325 g/mol. The van der Waals surface area contributed by atoms with E-state index >= 15 is 0 Å². The summed E-state index contributed by atoms with van der Waals surface area (Å²) in [5, 5.41) is 8.69. The molecule has 1 aromatic heterocycles. The first kappa shape index (κ1) is 16.5. The van der Waals surface area contributed by atoms with Gasteiger partial charge in [0, 0.05) is 32.6 Å². The molecule has 2 aliphatic rings. The molecule has 3 N–H and O–H groups in total. The van der Waals surface area contributed by atoms with E-state index in [0.29, 0.717) is 18.7 Å². The fraction of sp³-hybridized carbons (Fsp3) is 0.500. The van der Waals surface area contributed by atoms with Crippen molar-refractivity contribution >= 4 is 35.7 Å². The first-order valence-electron chi connectivity index (χ1n) is 7.24. The van der Waals surface area contributed by atoms with Crippen LogP contribution in [0.3, 0.4) is 0 Å². The average molecular weight is 326 g/mol. The quantitative estimate of drug-likeness (QED) is 0.735. The summed E-state index contributed by atoms with van der Waals surface area (Å²) < 4.78 is 0. The zero-order valence-corrected chi connectivity index (χ0v) is 13.0. The lowest BCUT2D eigenvalue weighted by molar-refractivity contribution is -0.122. The minimum absolute atomic E-state index is 0. The van der Waals surface area contributed by atoms with Gasteiger partial charge in [0.2, 0.25) is 11.8 Å². The van der Waals surface area contributed by atoms with Crippen molar-refractivity contribution in [2.45, 2.75) is 18.9 Å². The van der Waals surface area contributed by atoms with Crippen LogP contribution in [0.1, 0.15) is 12.8 Å². The largest absolute Gasteiger partial charge is 0.368 e. The molecule has 0 saturated carbocycles. The lowest BCUT2D eigenvalue weighted by Crippen LogP contribution is -2.43. The van der Waals surface area contributed by atoms with Crippen LogP contribution >= 0.6 is 12.4 Å². The number of hydrogen-bond donors (Lipinski definition) is 3. The lowest BCUT2D eigenvalue weighted by Gasteiger charge is -2.29. The normalized spacial score (nSPS) is 21.0. The molecule has 3 rings (SSSR count). The van der Waals surface area contributed by atoms with Gasteiger partial charge in [0.1, 0.15) is 11.9 Å². The van der Waals surface area contributed by atoms with Crippen LogP contribution < -0.4 is 20.9 Å². The second kappa shape index (κ2) is 7.42. The number of carbonyl (C=O) groups excluding carboxylic acids is 2. The Morgan fingerprint density at radius 2 is 2.09 bits per heavy atom. The van der Waals surface area contributed by atoms with Gasteiger partial charge in [-0.05, 0) is 18.6 Å². The van der Waals surface area contributed by atoms with Crippen molar-refractivity contribution in [3.8, 4) is 0 Å². The molecule has 2 amide bonds. The summed E-state index contributed by atoms with van der Waals surface area (Å²) in [6.45, 7) is 3.86. The zero-order chi connectivity index (χ0) is 14.7. The topological polar surface area (TPSA) is 86.4 Å². The summed E-state index contributed by atoms with van der Waals surface area (Å²) in [7, 11) is 0. The highest BCUT2D eigenvalue weighted by Crippen LogP contribution is 2.16. The van der Waals surface area contributed by atoms with Gasteiger partial charge in [-0.1, -0.05) is 0 Å². The van der Waals surface area contributed by atoms with Gasteiger partial charge < -0.3 is 20.9 Å². The number of anilines is 2. The van der Waals surface area contributed by atoms with Crippen molar-refractivity contribution in [1.29, 1.82) is 0 Å². The van der Waals surface area contributed by atoms with Crippen molar-refractivity contribution < 1.29 is 9.59 Å². The van der Waals surface area contributed by atoms with Gasteiger partial charge in [0.25, 0.3) is 0 Å². The Bertz CT molecular complexity index is 531. The standard InChI is InChI=1S/C14H19N5O2.ClH/c20-13-4-2-11(17-13)14(21)18-12-3-1-10(9-16-12)19-7-5-15-6-8-19;/h1,3,9,11,15H,2,4-8H2,(H,17,20)(H,16,18,21);1H. The van der Waals surface area contributed by atoms with E-state index in [1.165, 1.54) is 0 Å². The van der Waals surface area contributed by atoms with Gasteiger partial charge in [0.05, 0.1) is 11.9 Å². The van der Waals surface area contributed by atoms with E-state index in [1.54, 1.807) is 12.3 Å². The fourth-order valence-corrected chi connectivity index (χ4v) is 2.59. The summed E-state index contributed by atoms with van der Waals surface area (Å²) in [6.07, 6.45) is 2.73. The minimum atomic E-state index is -0.438. The Labute approximate surface area is 135 Å². The van der Waals surface area contributed by atoms with Crippen LogP contribution in [0.25, 0.3) is 0 Å². The summed E-state index contributed by atoms with van der Waals surface area (Å²) in [5.74, 6) is 0.237. The molecule has 0 aliphatic carbocycles. The molecule has 1 atom stereocenters. The van der Waals surface area contributed by atoms with E-state index in [4.69, 9.17) is 0 Å². The van der Waals surface area contributed by atoms with E-state index in [0.717, 1.165) is 31.9 Å². The van der Waals surface area contributed by atoms with E-state index in [9.17, 15) is 9.59 Å². The number of halogens is 1. The highest BCUT2D eigenvalue weighted by atomic mass is 35.5. The molecule has 3 heterocycles. The van der Waals surface area contributed by atoms with Crippen LogP contribution in [0.2, 0.25) is 0 Å². The third-order valence-corrected chi connectivity index (χ3v) is 3.79. The predicted octanol–water partition coefficient (Wildman–Crippen LogP) is 0.130. The fourth-order valence-electron chi connectivity index (χ4n) is 2.59. The van der Waals surface area contributed by atoms with Gasteiger partial charge in [-0.25, -0.2) is 4.98 Å². The number of nitrogens with zero attached hydrogens (tertiary/aromatic N) is 2. The molecule has 2 fully saturated rings. The highest BCUT2D eigenvalue weighted by molar-refractivity contribution is 5.98. The van der Waals surface area contributed by atoms with Crippen LogP contribution in [0.15, 0.2) is 18.3 Å². The SMILES string of the molecule is Cl.O=C1CCC(C(=O)Nc2ccc(N3CCNCC3)cn2)N1. The van der Waals surface area contributed by atoms with Crippen molar-refractivity contribution in [2.75, 3.05) is 36.4 Å². The summed E-state index contributed by atoms with van der Waals surface area (Å²) in [6, 6.07) is 3.32. The molecule has 120 valence electrons. The first-order chi connectivity index (χ1) is 10.2. The Morgan fingerprint density at radius 1 is 1.32 bits per heavy atom. The Balaban J connectivity index is 0.00000176. The minimum Gasteiger partial charge on any atom is -0.368 e. The lowest BCUT2D eigenvalue weighted by atomic mass is 10.2. The van der Waals surface area contributed by atoms with Gasteiger partial charge >= 0.3 is 0 Å². The number of pyridine rings is 1. The van der Waals surface area contributed by atoms with Crippen molar-refractivity contribution in [2.24, 2.45) is 0 Å². The van der Waals surface area contributed by atoms with Crippen molar-refractivity contribution in [3.63, 3.8) is 0 Å². The van der Waals surface area contributed by atoms with Gasteiger partial charge in [-0.3, -0.25) is 9.59 Å². The van der Waals surface area contributed by atoms with E-state index in [-0.39, 0.29) is 24.2 Å². The summed E-state index contributed by atoms with van der Waals surface area (Å²) in [5.41, 5.74) is 1.06. The number of rotatable bonds is 3. The molecule has 0 radical (unpaired) electrons. The van der Waals surface area contributed by atoms with E-state index in [2.05, 4.69) is 25.8 Å². The number of nitrogens with one attached hydrogen (secondary N) is 3. The molecular formula is C14H20ClN5O2. The van der Waals surface area contributed by atoms with Crippen LogP contribution in [-0.4, -0.2) is 49.0 Å². The molecule has 22 heavy (non-hydrogen) atoms. The molecule has 0 aromatic carbocycles. The number of carbonyl (C=O) groups is 2. The number of hydrogen-bond acceptors (Lipinski definition) is 5. The number of aromatic nitrogens is 1. The number of amides is 2. The first-order valence-corrected chi connectivity index (χ1v) is 7.24. The molecule has 1 aromatic rings. The maximum Gasteiger partial charge on any atom is 0.248 e.